The monoisotopic (exact) mass is 497 g/mol. The summed E-state index contributed by atoms with van der Waals surface area (Å²) in [5.41, 5.74) is 1.77. The highest BCUT2D eigenvalue weighted by Gasteiger charge is 2.35. The number of nitrogens with zero attached hydrogens (tertiary/aromatic N) is 1. The maximum atomic E-state index is 13.3. The van der Waals surface area contributed by atoms with Gasteiger partial charge in [-0.25, -0.2) is 8.42 Å². The Morgan fingerprint density at radius 3 is 2.75 bits per heavy atom. The number of rotatable bonds is 4. The number of anilines is 2. The van der Waals surface area contributed by atoms with E-state index in [1.54, 1.807) is 18.2 Å². The summed E-state index contributed by atoms with van der Waals surface area (Å²) in [7, 11) is -3.98. The largest absolute Gasteiger partial charge is 0.482 e. The van der Waals surface area contributed by atoms with E-state index in [0.29, 0.717) is 29.2 Å². The lowest BCUT2D eigenvalue weighted by atomic mass is 9.98. The zero-order valence-electron chi connectivity index (χ0n) is 17.2. The van der Waals surface area contributed by atoms with Gasteiger partial charge in [-0.15, -0.1) is 0 Å². The lowest BCUT2D eigenvalue weighted by Gasteiger charge is -2.31. The predicted octanol–water partition coefficient (Wildman–Crippen LogP) is 3.67. The molecule has 8 nitrogen and oxygen atoms in total. The predicted molar refractivity (Wildman–Crippen MR) is 122 cm³/mol. The van der Waals surface area contributed by atoms with Gasteiger partial charge in [0, 0.05) is 29.9 Å². The van der Waals surface area contributed by atoms with Gasteiger partial charge < -0.3 is 15.4 Å². The molecule has 2 aromatic carbocycles. The number of nitrogens with one attached hydrogen (secondary N) is 2. The molecule has 0 bridgehead atoms. The molecule has 2 amide bonds. The maximum Gasteiger partial charge on any atom is 0.262 e. The number of hydrogen-bond donors (Lipinski definition) is 2. The van der Waals surface area contributed by atoms with Crippen LogP contribution in [0.1, 0.15) is 18.4 Å². The first-order chi connectivity index (χ1) is 15.1. The van der Waals surface area contributed by atoms with Gasteiger partial charge in [0.1, 0.15) is 10.6 Å². The molecule has 0 aliphatic carbocycles. The lowest BCUT2D eigenvalue weighted by Crippen LogP contribution is -2.43. The summed E-state index contributed by atoms with van der Waals surface area (Å²) in [4.78, 5) is 24.2. The Labute approximate surface area is 195 Å². The normalized spacial score (nSPS) is 19.0. The van der Waals surface area contributed by atoms with Crippen molar-refractivity contribution in [3.05, 3.63) is 45.9 Å². The van der Waals surface area contributed by atoms with Crippen LogP contribution < -0.4 is 15.4 Å². The molecule has 1 atom stereocenters. The van der Waals surface area contributed by atoms with Crippen molar-refractivity contribution >= 4 is 56.4 Å². The summed E-state index contributed by atoms with van der Waals surface area (Å²) in [5, 5.41) is 5.92. The van der Waals surface area contributed by atoms with Crippen LogP contribution in [-0.4, -0.2) is 44.2 Å². The third kappa shape index (κ3) is 4.56. The summed E-state index contributed by atoms with van der Waals surface area (Å²) >= 11 is 12.4. The molecule has 170 valence electrons. The minimum absolute atomic E-state index is 0.0266. The van der Waals surface area contributed by atoms with E-state index in [4.69, 9.17) is 27.9 Å². The minimum atomic E-state index is -3.98. The van der Waals surface area contributed by atoms with Crippen molar-refractivity contribution in [3.8, 4) is 5.75 Å². The van der Waals surface area contributed by atoms with Crippen LogP contribution >= 0.6 is 23.2 Å². The highest BCUT2D eigenvalue weighted by Crippen LogP contribution is 2.37. The van der Waals surface area contributed by atoms with E-state index >= 15 is 0 Å². The fourth-order valence-corrected chi connectivity index (χ4v) is 5.93. The first kappa shape index (κ1) is 22.8. The molecule has 0 radical (unpaired) electrons. The van der Waals surface area contributed by atoms with Crippen LogP contribution in [-0.2, 0) is 19.6 Å². The van der Waals surface area contributed by atoms with Crippen molar-refractivity contribution in [1.82, 2.24) is 4.31 Å². The van der Waals surface area contributed by atoms with E-state index in [1.807, 2.05) is 6.92 Å². The van der Waals surface area contributed by atoms with E-state index in [2.05, 4.69) is 10.6 Å². The molecule has 2 aliphatic heterocycles. The van der Waals surface area contributed by atoms with Crippen molar-refractivity contribution in [3.63, 3.8) is 0 Å². The first-order valence-electron chi connectivity index (χ1n) is 9.98. The number of carbonyl (C=O) groups excluding carboxylic acids is 2. The number of fused-ring (bicyclic) bond motifs is 1. The number of benzene rings is 2. The van der Waals surface area contributed by atoms with Crippen LogP contribution in [0.3, 0.4) is 0 Å². The van der Waals surface area contributed by atoms with Crippen LogP contribution in [0.2, 0.25) is 10.0 Å². The molecule has 11 heteroatoms. The molecule has 2 aromatic rings. The van der Waals surface area contributed by atoms with Crippen LogP contribution in [0.5, 0.6) is 5.75 Å². The molecule has 0 unspecified atom stereocenters. The molecule has 0 aromatic heterocycles. The fourth-order valence-electron chi connectivity index (χ4n) is 3.71. The molecule has 0 spiro atoms. The Morgan fingerprint density at radius 1 is 1.22 bits per heavy atom. The van der Waals surface area contributed by atoms with Crippen molar-refractivity contribution in [2.45, 2.75) is 24.7 Å². The van der Waals surface area contributed by atoms with E-state index in [0.717, 1.165) is 5.56 Å². The highest BCUT2D eigenvalue weighted by atomic mass is 35.5. The summed E-state index contributed by atoms with van der Waals surface area (Å²) in [6.07, 6.45) is 1.09. The van der Waals surface area contributed by atoms with Gasteiger partial charge in [-0.05, 0) is 43.5 Å². The lowest BCUT2D eigenvalue weighted by molar-refractivity contribution is -0.121. The van der Waals surface area contributed by atoms with E-state index in [1.165, 1.54) is 16.4 Å². The van der Waals surface area contributed by atoms with E-state index in [-0.39, 0.29) is 47.2 Å². The number of amides is 2. The smallest absolute Gasteiger partial charge is 0.262 e. The molecular formula is C21H21Cl2N3O5S. The van der Waals surface area contributed by atoms with Gasteiger partial charge in [0.05, 0.1) is 16.6 Å². The molecule has 2 heterocycles. The average Bonchev–Trinajstić information content (AvgIpc) is 2.75. The average molecular weight is 498 g/mol. The van der Waals surface area contributed by atoms with Gasteiger partial charge in [-0.1, -0.05) is 29.3 Å². The topological polar surface area (TPSA) is 105 Å². The Morgan fingerprint density at radius 2 is 2.00 bits per heavy atom. The summed E-state index contributed by atoms with van der Waals surface area (Å²) in [6.45, 7) is 1.96. The SMILES string of the molecule is Cc1ccc(NC(=O)[C@H]2CCCN(S(=O)(=O)c3cc4c(cc3Cl)NC(=O)CO4)C2)cc1Cl. The molecule has 2 N–H and O–H groups in total. The first-order valence-corrected chi connectivity index (χ1v) is 12.2. The van der Waals surface area contributed by atoms with Gasteiger partial charge >= 0.3 is 0 Å². The highest BCUT2D eigenvalue weighted by molar-refractivity contribution is 7.89. The Balaban J connectivity index is 1.53. The second-order valence-electron chi connectivity index (χ2n) is 7.77. The number of aryl methyl sites for hydroxylation is 1. The molecule has 4 rings (SSSR count). The molecule has 32 heavy (non-hydrogen) atoms. The molecule has 1 fully saturated rings. The van der Waals surface area contributed by atoms with Crippen molar-refractivity contribution in [1.29, 1.82) is 0 Å². The van der Waals surface area contributed by atoms with Crippen LogP contribution in [0, 0.1) is 12.8 Å². The Hall–Kier alpha value is -2.33. The number of ether oxygens (including phenoxy) is 1. The zero-order chi connectivity index (χ0) is 23.0. The quantitative estimate of drug-likeness (QED) is 0.670. The van der Waals surface area contributed by atoms with Gasteiger partial charge in [0.2, 0.25) is 15.9 Å². The zero-order valence-corrected chi connectivity index (χ0v) is 19.5. The third-order valence-electron chi connectivity index (χ3n) is 5.48. The minimum Gasteiger partial charge on any atom is -0.482 e. The van der Waals surface area contributed by atoms with Gasteiger partial charge in [0.15, 0.2) is 6.61 Å². The second-order valence-corrected chi connectivity index (χ2v) is 10.5. The number of halogens is 2. The van der Waals surface area contributed by atoms with Crippen LogP contribution in [0.25, 0.3) is 0 Å². The van der Waals surface area contributed by atoms with Crippen molar-refractivity contribution in [2.24, 2.45) is 5.92 Å². The van der Waals surface area contributed by atoms with Crippen molar-refractivity contribution in [2.75, 3.05) is 30.3 Å². The number of sulfonamides is 1. The third-order valence-corrected chi connectivity index (χ3v) is 8.22. The summed E-state index contributed by atoms with van der Waals surface area (Å²) in [5.74, 6) is -0.906. The standard InChI is InChI=1S/C21H21Cl2N3O5S/c1-12-4-5-14(7-15(12)22)24-21(28)13-3-2-6-26(10-13)32(29,30)19-9-18-17(8-16(19)23)25-20(27)11-31-18/h4-5,7-9,13H,2-3,6,10-11H2,1H3,(H,24,28)(H,25,27)/t13-/m0/s1. The Kier molecular flexibility index (Phi) is 6.35. The molecule has 2 aliphatic rings. The van der Waals surface area contributed by atoms with Crippen LogP contribution in [0.15, 0.2) is 35.2 Å². The van der Waals surface area contributed by atoms with E-state index < -0.39 is 15.9 Å². The van der Waals surface area contributed by atoms with Crippen molar-refractivity contribution < 1.29 is 22.7 Å². The Bertz CT molecular complexity index is 1200. The molecule has 1 saturated heterocycles. The maximum absolute atomic E-state index is 13.3. The summed E-state index contributed by atoms with van der Waals surface area (Å²) in [6, 6.07) is 7.89. The van der Waals surface area contributed by atoms with E-state index in [9.17, 15) is 18.0 Å². The van der Waals surface area contributed by atoms with Gasteiger partial charge in [0.25, 0.3) is 5.91 Å². The van der Waals surface area contributed by atoms with Gasteiger partial charge in [-0.3, -0.25) is 9.59 Å². The van der Waals surface area contributed by atoms with Gasteiger partial charge in [-0.2, -0.15) is 4.31 Å². The number of carbonyl (C=O) groups is 2. The number of piperidine rings is 1. The molecule has 0 saturated carbocycles. The van der Waals surface area contributed by atoms with Crippen LogP contribution in [0.4, 0.5) is 11.4 Å². The summed E-state index contributed by atoms with van der Waals surface area (Å²) < 4.78 is 33.2. The number of hydrogen-bond acceptors (Lipinski definition) is 5. The molecular weight excluding hydrogens is 477 g/mol. The second kappa shape index (κ2) is 8.90. The fraction of sp³-hybridized carbons (Fsp3) is 0.333.